The molecule has 1 rings (SSSR count). The fourth-order valence-electron chi connectivity index (χ4n) is 1.42. The first-order chi connectivity index (χ1) is 9.24. The first-order valence-corrected chi connectivity index (χ1v) is 8.40. The first kappa shape index (κ1) is 17.4. The molecule has 0 saturated carbocycles. The zero-order valence-electron chi connectivity index (χ0n) is 11.0. The zero-order valence-corrected chi connectivity index (χ0v) is 12.6. The summed E-state index contributed by atoms with van der Waals surface area (Å²) in [6, 6.07) is 3.10. The third-order valence-electron chi connectivity index (χ3n) is 2.40. The van der Waals surface area contributed by atoms with E-state index in [9.17, 15) is 21.6 Å². The van der Waals surface area contributed by atoms with Crippen LogP contribution in [0.25, 0.3) is 0 Å². The van der Waals surface area contributed by atoms with Crippen molar-refractivity contribution in [3.05, 3.63) is 17.0 Å². The average molecular weight is 330 g/mol. The molecule has 0 aliphatic rings. The van der Waals surface area contributed by atoms with E-state index in [-0.39, 0.29) is 4.21 Å². The summed E-state index contributed by atoms with van der Waals surface area (Å²) in [4.78, 5) is 0.877. The highest BCUT2D eigenvalue weighted by molar-refractivity contribution is 7.91. The summed E-state index contributed by atoms with van der Waals surface area (Å²) in [5, 5.41) is 3.11. The van der Waals surface area contributed by atoms with E-state index in [0.717, 1.165) is 29.3 Å². The molecule has 0 fully saturated rings. The van der Waals surface area contributed by atoms with E-state index in [1.165, 1.54) is 6.07 Å². The first-order valence-electron chi connectivity index (χ1n) is 6.10. The van der Waals surface area contributed by atoms with Crippen LogP contribution in [0.5, 0.6) is 0 Å². The Hall–Kier alpha value is -0.640. The summed E-state index contributed by atoms with van der Waals surface area (Å²) in [5.41, 5.74) is 0. The average Bonchev–Trinajstić information content (AvgIpc) is 2.77. The molecule has 0 aliphatic carbocycles. The molecule has 1 aromatic rings. The van der Waals surface area contributed by atoms with Gasteiger partial charge in [0, 0.05) is 11.4 Å². The molecule has 1 heterocycles. The molecular formula is C11H17F3N2O2S2. The molecular weight excluding hydrogens is 313 g/mol. The lowest BCUT2D eigenvalue weighted by Crippen LogP contribution is -2.27. The molecule has 116 valence electrons. The van der Waals surface area contributed by atoms with Crippen molar-refractivity contribution in [1.82, 2.24) is 10.0 Å². The Bertz CT molecular complexity index is 512. The third-order valence-corrected chi connectivity index (χ3v) is 5.50. The van der Waals surface area contributed by atoms with Gasteiger partial charge in [0.05, 0.1) is 6.42 Å². The smallest absolute Gasteiger partial charge is 0.317 e. The second-order valence-corrected chi connectivity index (χ2v) is 7.25. The number of rotatable bonds is 8. The van der Waals surface area contributed by atoms with Crippen LogP contribution in [-0.2, 0) is 16.4 Å². The van der Waals surface area contributed by atoms with E-state index in [0.29, 0.717) is 6.42 Å². The summed E-state index contributed by atoms with van der Waals surface area (Å²) in [5.74, 6) is 0. The van der Waals surface area contributed by atoms with Gasteiger partial charge in [0.2, 0.25) is 10.0 Å². The van der Waals surface area contributed by atoms with E-state index in [1.54, 1.807) is 6.07 Å². The molecule has 9 heteroatoms. The van der Waals surface area contributed by atoms with E-state index in [2.05, 4.69) is 5.32 Å². The molecule has 20 heavy (non-hydrogen) atoms. The third kappa shape index (κ3) is 6.21. The van der Waals surface area contributed by atoms with Gasteiger partial charge in [0.1, 0.15) is 4.21 Å². The van der Waals surface area contributed by atoms with Crippen LogP contribution in [0, 0.1) is 0 Å². The van der Waals surface area contributed by atoms with Gasteiger partial charge >= 0.3 is 6.18 Å². The van der Waals surface area contributed by atoms with Crippen molar-refractivity contribution in [1.29, 1.82) is 0 Å². The molecule has 4 nitrogen and oxygen atoms in total. The topological polar surface area (TPSA) is 58.2 Å². The van der Waals surface area contributed by atoms with Crippen molar-refractivity contribution >= 4 is 21.4 Å². The van der Waals surface area contributed by atoms with Gasteiger partial charge in [-0.25, -0.2) is 13.1 Å². The molecule has 1 aromatic heterocycles. The lowest BCUT2D eigenvalue weighted by Gasteiger charge is -2.07. The molecule has 0 bridgehead atoms. The molecule has 0 amide bonds. The molecule has 0 radical (unpaired) electrons. The maximum absolute atomic E-state index is 12.0. The fraction of sp³-hybridized carbons (Fsp3) is 0.636. The van der Waals surface area contributed by atoms with Crippen molar-refractivity contribution in [2.45, 2.75) is 30.2 Å². The minimum Gasteiger partial charge on any atom is -0.317 e. The van der Waals surface area contributed by atoms with Crippen LogP contribution >= 0.6 is 11.3 Å². The lowest BCUT2D eigenvalue weighted by molar-refractivity contribution is -0.132. The van der Waals surface area contributed by atoms with Crippen LogP contribution < -0.4 is 10.0 Å². The summed E-state index contributed by atoms with van der Waals surface area (Å²) in [6.45, 7) is 2.89. The predicted molar refractivity (Wildman–Crippen MR) is 72.4 cm³/mol. The molecule has 0 aromatic carbocycles. The second-order valence-electron chi connectivity index (χ2n) is 4.09. The fourth-order valence-corrected chi connectivity index (χ4v) is 3.86. The Balaban J connectivity index is 2.55. The van der Waals surface area contributed by atoms with Gasteiger partial charge in [-0.15, -0.1) is 11.3 Å². The van der Waals surface area contributed by atoms with Crippen LogP contribution in [0.3, 0.4) is 0 Å². The number of alkyl halides is 3. The number of hydrogen-bond acceptors (Lipinski definition) is 4. The summed E-state index contributed by atoms with van der Waals surface area (Å²) < 4.78 is 61.5. The number of sulfonamides is 1. The highest BCUT2D eigenvalue weighted by atomic mass is 32.2. The van der Waals surface area contributed by atoms with E-state index in [4.69, 9.17) is 0 Å². The SMILES string of the molecule is CCNCCc1ccc(S(=O)(=O)NCCC(F)(F)F)s1. The Morgan fingerprint density at radius 2 is 1.95 bits per heavy atom. The normalized spacial score (nSPS) is 12.8. The second kappa shape index (κ2) is 7.39. The van der Waals surface area contributed by atoms with E-state index in [1.807, 2.05) is 11.6 Å². The molecule has 0 aliphatic heterocycles. The summed E-state index contributed by atoms with van der Waals surface area (Å²) in [7, 11) is -3.84. The molecule has 0 spiro atoms. The summed E-state index contributed by atoms with van der Waals surface area (Å²) in [6.07, 6.45) is -4.85. The van der Waals surface area contributed by atoms with Crippen molar-refractivity contribution in [2.75, 3.05) is 19.6 Å². The van der Waals surface area contributed by atoms with Crippen LogP contribution in [0.15, 0.2) is 16.3 Å². The monoisotopic (exact) mass is 330 g/mol. The van der Waals surface area contributed by atoms with Crippen LogP contribution in [0.2, 0.25) is 0 Å². The van der Waals surface area contributed by atoms with E-state index < -0.39 is 29.2 Å². The minimum atomic E-state index is -4.37. The maximum atomic E-state index is 12.0. The van der Waals surface area contributed by atoms with Gasteiger partial charge in [0.15, 0.2) is 0 Å². The number of halogens is 3. The zero-order chi connectivity index (χ0) is 15.2. The Labute approximate surface area is 120 Å². The lowest BCUT2D eigenvalue weighted by atomic mass is 10.3. The molecule has 0 saturated heterocycles. The number of likely N-dealkylation sites (N-methyl/N-ethyl adjacent to an activating group) is 1. The predicted octanol–water partition coefficient (Wildman–Crippen LogP) is 2.13. The minimum absolute atomic E-state index is 0.0474. The largest absolute Gasteiger partial charge is 0.390 e. The van der Waals surface area contributed by atoms with Gasteiger partial charge < -0.3 is 5.32 Å². The van der Waals surface area contributed by atoms with Crippen LogP contribution in [0.4, 0.5) is 13.2 Å². The summed E-state index contributed by atoms with van der Waals surface area (Å²) >= 11 is 1.08. The quantitative estimate of drug-likeness (QED) is 0.718. The van der Waals surface area contributed by atoms with Gasteiger partial charge in [0.25, 0.3) is 0 Å². The highest BCUT2D eigenvalue weighted by Gasteiger charge is 2.27. The van der Waals surface area contributed by atoms with E-state index >= 15 is 0 Å². The number of nitrogens with one attached hydrogen (secondary N) is 2. The van der Waals surface area contributed by atoms with Gasteiger partial charge in [-0.05, 0) is 31.6 Å². The number of hydrogen-bond donors (Lipinski definition) is 2. The van der Waals surface area contributed by atoms with Crippen molar-refractivity contribution < 1.29 is 21.6 Å². The molecule has 0 atom stereocenters. The van der Waals surface area contributed by atoms with Gasteiger partial charge in [-0.1, -0.05) is 6.92 Å². The Morgan fingerprint density at radius 1 is 1.25 bits per heavy atom. The molecule has 2 N–H and O–H groups in total. The van der Waals surface area contributed by atoms with Crippen molar-refractivity contribution in [3.8, 4) is 0 Å². The number of thiophene rings is 1. The van der Waals surface area contributed by atoms with Gasteiger partial charge in [-0.3, -0.25) is 0 Å². The maximum Gasteiger partial charge on any atom is 0.390 e. The molecule has 0 unspecified atom stereocenters. The Kier molecular flexibility index (Phi) is 6.44. The van der Waals surface area contributed by atoms with Crippen LogP contribution in [-0.4, -0.2) is 34.2 Å². The standard InChI is InChI=1S/C11H17F3N2O2S2/c1-2-15-7-5-9-3-4-10(19-9)20(17,18)16-8-6-11(12,13)14/h3-4,15-16H,2,5-8H2,1H3. The van der Waals surface area contributed by atoms with Crippen molar-refractivity contribution in [3.63, 3.8) is 0 Å². The highest BCUT2D eigenvalue weighted by Crippen LogP contribution is 2.23. The van der Waals surface area contributed by atoms with Gasteiger partial charge in [-0.2, -0.15) is 13.2 Å². The van der Waals surface area contributed by atoms with Crippen molar-refractivity contribution in [2.24, 2.45) is 0 Å². The van der Waals surface area contributed by atoms with Crippen LogP contribution in [0.1, 0.15) is 18.2 Å². The Morgan fingerprint density at radius 3 is 2.55 bits per heavy atom.